The third kappa shape index (κ3) is 1.70. The zero-order chi connectivity index (χ0) is 16.2. The molecule has 1 aliphatic heterocycles. The average Bonchev–Trinajstić information content (AvgIpc) is 2.83. The van der Waals surface area contributed by atoms with Gasteiger partial charge in [0.05, 0.1) is 30.0 Å². The summed E-state index contributed by atoms with van der Waals surface area (Å²) in [5.41, 5.74) is -0.327. The lowest BCUT2D eigenvalue weighted by Crippen LogP contribution is -2.50. The Morgan fingerprint density at radius 3 is 2.61 bits per heavy atom. The summed E-state index contributed by atoms with van der Waals surface area (Å²) >= 11 is 0. The zero-order valence-corrected chi connectivity index (χ0v) is 12.8. The molecule has 4 aliphatic rings. The van der Waals surface area contributed by atoms with Crippen LogP contribution in [0.25, 0.3) is 0 Å². The molecule has 1 aromatic rings. The average molecular weight is 311 g/mol. The fourth-order valence-corrected chi connectivity index (χ4v) is 4.41. The largest absolute Gasteiger partial charge is 0.469 e. The van der Waals surface area contributed by atoms with Gasteiger partial charge in [0.15, 0.2) is 0 Å². The van der Waals surface area contributed by atoms with Gasteiger partial charge in [0.1, 0.15) is 0 Å². The highest BCUT2D eigenvalue weighted by molar-refractivity contribution is 6.25. The van der Waals surface area contributed by atoms with Crippen molar-refractivity contribution in [1.82, 2.24) is 0 Å². The van der Waals surface area contributed by atoms with Crippen molar-refractivity contribution in [2.75, 3.05) is 12.0 Å². The number of benzene rings is 1. The minimum atomic E-state index is -0.888. The molecule has 1 aromatic carbocycles. The normalized spacial score (nSPS) is 34.7. The Balaban J connectivity index is 1.84. The SMILES string of the molecule is COC(=O)[C@H]1[C@H]2C(=O)N(c3ccccc3)C(=O)[C@]23C=C[C@H]1CC3. The molecule has 0 N–H and O–H groups in total. The highest BCUT2D eigenvalue weighted by Gasteiger charge is 2.67. The summed E-state index contributed by atoms with van der Waals surface area (Å²) in [6.07, 6.45) is 5.12. The van der Waals surface area contributed by atoms with Crippen molar-refractivity contribution < 1.29 is 19.1 Å². The van der Waals surface area contributed by atoms with Crippen LogP contribution in [0.5, 0.6) is 0 Å². The molecular weight excluding hydrogens is 294 g/mol. The predicted molar refractivity (Wildman–Crippen MR) is 82.2 cm³/mol. The quantitative estimate of drug-likeness (QED) is 0.476. The van der Waals surface area contributed by atoms with Crippen LogP contribution in [0.3, 0.4) is 0 Å². The van der Waals surface area contributed by atoms with Crippen molar-refractivity contribution in [3.05, 3.63) is 42.5 Å². The van der Waals surface area contributed by atoms with Crippen LogP contribution < -0.4 is 4.90 Å². The van der Waals surface area contributed by atoms with E-state index in [4.69, 9.17) is 4.74 Å². The number of esters is 1. The van der Waals surface area contributed by atoms with Crippen molar-refractivity contribution in [3.63, 3.8) is 0 Å². The number of carbonyl (C=O) groups is 3. The first-order valence-corrected chi connectivity index (χ1v) is 7.81. The van der Waals surface area contributed by atoms with Gasteiger partial charge >= 0.3 is 5.97 Å². The molecule has 1 spiro atoms. The summed E-state index contributed by atoms with van der Waals surface area (Å²) in [6.45, 7) is 0. The fourth-order valence-electron chi connectivity index (χ4n) is 4.41. The molecule has 5 rings (SSSR count). The van der Waals surface area contributed by atoms with Gasteiger partial charge in [-0.25, -0.2) is 4.90 Å². The Hall–Kier alpha value is -2.43. The van der Waals surface area contributed by atoms with Gasteiger partial charge in [-0.3, -0.25) is 14.4 Å². The Bertz CT molecular complexity index is 726. The van der Waals surface area contributed by atoms with Gasteiger partial charge in [-0.2, -0.15) is 0 Å². The smallest absolute Gasteiger partial charge is 0.310 e. The first kappa shape index (κ1) is 14.2. The summed E-state index contributed by atoms with van der Waals surface area (Å²) < 4.78 is 4.92. The van der Waals surface area contributed by atoms with E-state index in [1.165, 1.54) is 12.0 Å². The van der Waals surface area contributed by atoms with Crippen LogP contribution in [-0.2, 0) is 19.1 Å². The van der Waals surface area contributed by atoms with Crippen LogP contribution >= 0.6 is 0 Å². The second kappa shape index (κ2) is 4.78. The fraction of sp³-hybridized carbons (Fsp3) is 0.389. The van der Waals surface area contributed by atoms with Crippen molar-refractivity contribution in [2.24, 2.45) is 23.2 Å². The topological polar surface area (TPSA) is 63.7 Å². The third-order valence-electron chi connectivity index (χ3n) is 5.48. The Morgan fingerprint density at radius 1 is 1.26 bits per heavy atom. The van der Waals surface area contributed by atoms with E-state index in [2.05, 4.69) is 0 Å². The molecule has 1 saturated carbocycles. The number of rotatable bonds is 2. The summed E-state index contributed by atoms with van der Waals surface area (Å²) in [7, 11) is 1.33. The first-order chi connectivity index (χ1) is 11.1. The van der Waals surface area contributed by atoms with Gasteiger partial charge in [0.2, 0.25) is 11.8 Å². The number of carbonyl (C=O) groups excluding carboxylic acids is 3. The van der Waals surface area contributed by atoms with Crippen LogP contribution in [0.2, 0.25) is 0 Å². The molecule has 5 heteroatoms. The van der Waals surface area contributed by atoms with E-state index in [0.717, 1.165) is 6.42 Å². The van der Waals surface area contributed by atoms with Crippen LogP contribution in [0.1, 0.15) is 12.8 Å². The van der Waals surface area contributed by atoms with E-state index < -0.39 is 23.2 Å². The van der Waals surface area contributed by atoms with E-state index in [1.54, 1.807) is 24.3 Å². The maximum Gasteiger partial charge on any atom is 0.310 e. The lowest BCUT2D eigenvalue weighted by Gasteiger charge is -2.45. The highest BCUT2D eigenvalue weighted by atomic mass is 16.5. The minimum Gasteiger partial charge on any atom is -0.469 e. The lowest BCUT2D eigenvalue weighted by atomic mass is 9.55. The number of allylic oxidation sites excluding steroid dienone is 1. The number of anilines is 1. The van der Waals surface area contributed by atoms with Crippen LogP contribution in [0.4, 0.5) is 5.69 Å². The molecule has 5 nitrogen and oxygen atoms in total. The lowest BCUT2D eigenvalue weighted by molar-refractivity contribution is -0.157. The van der Waals surface area contributed by atoms with Gasteiger partial charge in [0.25, 0.3) is 0 Å². The van der Waals surface area contributed by atoms with Gasteiger partial charge in [-0.1, -0.05) is 30.4 Å². The van der Waals surface area contributed by atoms with Crippen molar-refractivity contribution in [2.45, 2.75) is 12.8 Å². The molecule has 2 bridgehead atoms. The number of ether oxygens (including phenoxy) is 1. The molecule has 1 saturated heterocycles. The standard InChI is InChI=1S/C18H17NO4/c1-23-16(21)13-11-7-9-18(10-8-11)14(13)15(20)19(17(18)22)12-5-3-2-4-6-12/h2-7,9,11,13-14H,8,10H2,1H3/t11-,13+,14-,18-/m0/s1. The molecule has 2 fully saturated rings. The highest BCUT2D eigenvalue weighted by Crippen LogP contribution is 2.58. The second-order valence-electron chi connectivity index (χ2n) is 6.44. The molecule has 4 atom stereocenters. The predicted octanol–water partition coefficient (Wildman–Crippen LogP) is 1.93. The Kier molecular flexibility index (Phi) is 2.95. The number of para-hydroxylation sites is 1. The Morgan fingerprint density at radius 2 is 2.00 bits per heavy atom. The number of nitrogens with zero attached hydrogens (tertiary/aromatic N) is 1. The number of methoxy groups -OCH3 is 1. The molecule has 118 valence electrons. The number of hydrogen-bond acceptors (Lipinski definition) is 4. The van der Waals surface area contributed by atoms with E-state index in [-0.39, 0.29) is 17.7 Å². The summed E-state index contributed by atoms with van der Waals surface area (Å²) in [5.74, 6) is -2.14. The molecule has 2 amide bonds. The third-order valence-corrected chi connectivity index (χ3v) is 5.48. The number of hydrogen-bond donors (Lipinski definition) is 0. The van der Waals surface area contributed by atoms with Crippen molar-refractivity contribution in [3.8, 4) is 0 Å². The molecule has 0 aromatic heterocycles. The van der Waals surface area contributed by atoms with E-state index >= 15 is 0 Å². The maximum absolute atomic E-state index is 13.1. The van der Waals surface area contributed by atoms with Gasteiger partial charge in [0, 0.05) is 0 Å². The monoisotopic (exact) mass is 311 g/mol. The number of amides is 2. The van der Waals surface area contributed by atoms with Crippen LogP contribution in [-0.4, -0.2) is 24.9 Å². The maximum atomic E-state index is 13.1. The summed E-state index contributed by atoms with van der Waals surface area (Å²) in [5, 5.41) is 0. The minimum absolute atomic E-state index is 0.0261. The molecular formula is C18H17NO4. The van der Waals surface area contributed by atoms with E-state index in [0.29, 0.717) is 12.1 Å². The first-order valence-electron chi connectivity index (χ1n) is 7.81. The van der Waals surface area contributed by atoms with E-state index in [9.17, 15) is 14.4 Å². The Labute approximate surface area is 133 Å². The molecule has 0 unspecified atom stereocenters. The summed E-state index contributed by atoms with van der Waals surface area (Å²) in [4.78, 5) is 39.6. The van der Waals surface area contributed by atoms with Crippen LogP contribution in [0.15, 0.2) is 42.5 Å². The molecule has 3 aliphatic carbocycles. The van der Waals surface area contributed by atoms with Gasteiger partial charge in [-0.05, 0) is 30.9 Å². The summed E-state index contributed by atoms with van der Waals surface area (Å²) in [6, 6.07) is 8.91. The van der Waals surface area contributed by atoms with Gasteiger partial charge in [-0.15, -0.1) is 0 Å². The van der Waals surface area contributed by atoms with E-state index in [1.807, 2.05) is 18.2 Å². The number of imide groups is 1. The number of fused-ring (bicyclic) bond motifs is 1. The molecule has 1 heterocycles. The second-order valence-corrected chi connectivity index (χ2v) is 6.44. The van der Waals surface area contributed by atoms with Crippen molar-refractivity contribution in [1.29, 1.82) is 0 Å². The van der Waals surface area contributed by atoms with Crippen molar-refractivity contribution >= 4 is 23.5 Å². The van der Waals surface area contributed by atoms with Gasteiger partial charge < -0.3 is 4.74 Å². The molecule has 23 heavy (non-hydrogen) atoms. The van der Waals surface area contributed by atoms with Crippen LogP contribution in [0, 0.1) is 23.2 Å². The molecule has 0 radical (unpaired) electrons. The zero-order valence-electron chi connectivity index (χ0n) is 12.8.